The van der Waals surface area contributed by atoms with Gasteiger partial charge >= 0.3 is 12.2 Å². The van der Waals surface area contributed by atoms with Crippen molar-refractivity contribution < 1.29 is 36.4 Å². The minimum atomic E-state index is -5.41. The quantitative estimate of drug-likeness (QED) is 0.639. The molecular formula is C15H9F4N3O4. The van der Waals surface area contributed by atoms with Crippen LogP contribution < -0.4 is 15.5 Å². The smallest absolute Gasteiger partial charge is 0.440 e. The number of anilines is 1. The first-order valence-corrected chi connectivity index (χ1v) is 7.01. The van der Waals surface area contributed by atoms with Gasteiger partial charge in [0.2, 0.25) is 0 Å². The van der Waals surface area contributed by atoms with Crippen molar-refractivity contribution in [3.8, 4) is 0 Å². The van der Waals surface area contributed by atoms with Gasteiger partial charge in [0, 0.05) is 0 Å². The zero-order valence-electron chi connectivity index (χ0n) is 12.6. The minimum Gasteiger partial charge on any atom is -0.459 e. The standard InChI is InChI=1S/C15H9F4N3O4/c16-8-4-1-2-5-9(8)22-12(24)14(15(17,18)19,21-13(22)25)20-11(23)10-6-3-7-26-10/h1-7H,(H,20,23)(H,21,25). The number of nitrogens with one attached hydrogen (secondary N) is 2. The van der Waals surface area contributed by atoms with E-state index in [0.717, 1.165) is 24.5 Å². The van der Waals surface area contributed by atoms with E-state index >= 15 is 0 Å². The lowest BCUT2D eigenvalue weighted by Gasteiger charge is -2.29. The Labute approximate surface area is 142 Å². The van der Waals surface area contributed by atoms with Crippen LogP contribution >= 0.6 is 0 Å². The van der Waals surface area contributed by atoms with Crippen LogP contribution in [0, 0.1) is 5.82 Å². The van der Waals surface area contributed by atoms with E-state index in [-0.39, 0.29) is 4.90 Å². The van der Waals surface area contributed by atoms with E-state index in [1.807, 2.05) is 0 Å². The summed E-state index contributed by atoms with van der Waals surface area (Å²) in [4.78, 5) is 36.4. The van der Waals surface area contributed by atoms with E-state index in [9.17, 15) is 31.9 Å². The summed E-state index contributed by atoms with van der Waals surface area (Å²) < 4.78 is 59.4. The number of carbonyl (C=O) groups excluding carboxylic acids is 3. The number of imide groups is 1. The molecule has 0 radical (unpaired) electrons. The van der Waals surface area contributed by atoms with Crippen molar-refractivity contribution in [1.29, 1.82) is 0 Å². The van der Waals surface area contributed by atoms with Crippen LogP contribution in [0.3, 0.4) is 0 Å². The number of amides is 4. The van der Waals surface area contributed by atoms with Gasteiger partial charge in [0.1, 0.15) is 5.82 Å². The van der Waals surface area contributed by atoms with Crippen molar-refractivity contribution in [2.24, 2.45) is 0 Å². The average molecular weight is 371 g/mol. The number of alkyl halides is 3. The predicted molar refractivity (Wildman–Crippen MR) is 77.4 cm³/mol. The van der Waals surface area contributed by atoms with Gasteiger partial charge in [0.15, 0.2) is 5.76 Å². The third kappa shape index (κ3) is 2.57. The zero-order valence-corrected chi connectivity index (χ0v) is 12.6. The molecule has 1 aliphatic heterocycles. The van der Waals surface area contributed by atoms with E-state index in [2.05, 4.69) is 4.42 Å². The van der Waals surface area contributed by atoms with Crippen LogP contribution in [-0.4, -0.2) is 29.7 Å². The molecule has 1 atom stereocenters. The lowest BCUT2D eigenvalue weighted by molar-refractivity contribution is -0.197. The lowest BCUT2D eigenvalue weighted by atomic mass is 10.1. The summed E-state index contributed by atoms with van der Waals surface area (Å²) >= 11 is 0. The van der Waals surface area contributed by atoms with Crippen LogP contribution in [0.15, 0.2) is 47.1 Å². The molecule has 0 bridgehead atoms. The highest BCUT2D eigenvalue weighted by Gasteiger charge is 2.69. The maximum Gasteiger partial charge on any atom is 0.440 e. The Morgan fingerprint density at radius 3 is 2.42 bits per heavy atom. The molecule has 1 fully saturated rings. The van der Waals surface area contributed by atoms with E-state index in [1.165, 1.54) is 28.8 Å². The number of furan rings is 1. The number of rotatable bonds is 3. The molecule has 136 valence electrons. The predicted octanol–water partition coefficient (Wildman–Crippen LogP) is 2.16. The molecule has 1 unspecified atom stereocenters. The third-order valence-corrected chi connectivity index (χ3v) is 3.59. The summed E-state index contributed by atoms with van der Waals surface area (Å²) in [5.74, 6) is -4.90. The molecule has 2 heterocycles. The van der Waals surface area contributed by atoms with E-state index in [1.54, 1.807) is 0 Å². The topological polar surface area (TPSA) is 91.7 Å². The van der Waals surface area contributed by atoms with Gasteiger partial charge in [-0.25, -0.2) is 14.1 Å². The molecule has 2 aromatic rings. The van der Waals surface area contributed by atoms with Crippen LogP contribution in [0.1, 0.15) is 10.6 Å². The third-order valence-electron chi connectivity index (χ3n) is 3.59. The van der Waals surface area contributed by atoms with Crippen molar-refractivity contribution in [3.63, 3.8) is 0 Å². The van der Waals surface area contributed by atoms with Crippen molar-refractivity contribution in [1.82, 2.24) is 10.6 Å². The minimum absolute atomic E-state index is 0.0226. The van der Waals surface area contributed by atoms with Gasteiger partial charge < -0.3 is 9.73 Å². The summed E-state index contributed by atoms with van der Waals surface area (Å²) in [6.45, 7) is 0. The van der Waals surface area contributed by atoms with Gasteiger partial charge in [-0.2, -0.15) is 13.2 Å². The Morgan fingerprint density at radius 2 is 1.85 bits per heavy atom. The summed E-state index contributed by atoms with van der Waals surface area (Å²) in [6.07, 6.45) is -4.38. The number of benzene rings is 1. The van der Waals surface area contributed by atoms with Gasteiger partial charge in [-0.15, -0.1) is 0 Å². The Morgan fingerprint density at radius 1 is 1.15 bits per heavy atom. The summed E-state index contributed by atoms with van der Waals surface area (Å²) in [7, 11) is 0. The van der Waals surface area contributed by atoms with Crippen molar-refractivity contribution in [3.05, 3.63) is 54.2 Å². The van der Waals surface area contributed by atoms with Crippen LogP contribution in [0.4, 0.5) is 28.0 Å². The van der Waals surface area contributed by atoms with Crippen LogP contribution in [0.25, 0.3) is 0 Å². The lowest BCUT2D eigenvalue weighted by Crippen LogP contribution is -2.69. The van der Waals surface area contributed by atoms with Crippen molar-refractivity contribution >= 4 is 23.5 Å². The maximum absolute atomic E-state index is 13.9. The molecule has 26 heavy (non-hydrogen) atoms. The van der Waals surface area contributed by atoms with Gasteiger partial charge in [-0.05, 0) is 24.3 Å². The number of urea groups is 1. The molecule has 7 nitrogen and oxygen atoms in total. The molecular weight excluding hydrogens is 362 g/mol. The molecule has 1 aromatic carbocycles. The normalized spacial score (nSPS) is 20.2. The first-order chi connectivity index (χ1) is 12.2. The Bertz CT molecular complexity index is 881. The Kier molecular flexibility index (Phi) is 3.93. The second-order valence-electron chi connectivity index (χ2n) is 5.20. The number of hydrogen-bond acceptors (Lipinski definition) is 4. The second-order valence-corrected chi connectivity index (χ2v) is 5.20. The first kappa shape index (κ1) is 17.5. The number of hydrogen-bond donors (Lipinski definition) is 2. The highest BCUT2D eigenvalue weighted by Crippen LogP contribution is 2.36. The van der Waals surface area contributed by atoms with Gasteiger partial charge in [0.05, 0.1) is 12.0 Å². The van der Waals surface area contributed by atoms with Gasteiger partial charge in [0.25, 0.3) is 17.5 Å². The van der Waals surface area contributed by atoms with E-state index < -0.39 is 46.9 Å². The monoisotopic (exact) mass is 371 g/mol. The number of para-hydroxylation sites is 1. The molecule has 1 saturated heterocycles. The fraction of sp³-hybridized carbons (Fsp3) is 0.133. The van der Waals surface area contributed by atoms with E-state index in [0.29, 0.717) is 0 Å². The molecule has 1 aliphatic rings. The molecule has 4 amide bonds. The highest BCUT2D eigenvalue weighted by molar-refractivity contribution is 6.24. The maximum atomic E-state index is 13.9. The molecule has 0 saturated carbocycles. The second kappa shape index (κ2) is 5.86. The SMILES string of the molecule is O=C(NC1(C(F)(F)F)NC(=O)N(c2ccccc2F)C1=O)c1ccco1. The summed E-state index contributed by atoms with van der Waals surface area (Å²) in [6, 6.07) is 5.04. The average Bonchev–Trinajstić information content (AvgIpc) is 3.16. The summed E-state index contributed by atoms with van der Waals surface area (Å²) in [5, 5.41) is 2.83. The Hall–Kier alpha value is -3.37. The molecule has 0 spiro atoms. The molecule has 0 aliphatic carbocycles. The van der Waals surface area contributed by atoms with Gasteiger partial charge in [-0.3, -0.25) is 14.9 Å². The fourth-order valence-electron chi connectivity index (χ4n) is 2.37. The first-order valence-electron chi connectivity index (χ1n) is 7.01. The van der Waals surface area contributed by atoms with Gasteiger partial charge in [-0.1, -0.05) is 12.1 Å². The molecule has 2 N–H and O–H groups in total. The highest BCUT2D eigenvalue weighted by atomic mass is 19.4. The van der Waals surface area contributed by atoms with Crippen LogP contribution in [-0.2, 0) is 4.79 Å². The fourth-order valence-corrected chi connectivity index (χ4v) is 2.37. The number of nitrogens with zero attached hydrogens (tertiary/aromatic N) is 1. The Balaban J connectivity index is 2.04. The number of halogens is 4. The largest absolute Gasteiger partial charge is 0.459 e. The van der Waals surface area contributed by atoms with E-state index in [4.69, 9.17) is 0 Å². The molecule has 3 rings (SSSR count). The zero-order chi connectivity index (χ0) is 19.1. The van der Waals surface area contributed by atoms with Crippen molar-refractivity contribution in [2.75, 3.05) is 4.90 Å². The van der Waals surface area contributed by atoms with Crippen LogP contribution in [0.5, 0.6) is 0 Å². The molecule has 11 heteroatoms. The molecule has 1 aromatic heterocycles. The number of carbonyl (C=O) groups is 3. The van der Waals surface area contributed by atoms with Crippen LogP contribution in [0.2, 0.25) is 0 Å². The summed E-state index contributed by atoms with van der Waals surface area (Å²) in [5.41, 5.74) is -4.45. The van der Waals surface area contributed by atoms with Crippen molar-refractivity contribution in [2.45, 2.75) is 11.8 Å².